The molecule has 2 saturated heterocycles. The molecule has 0 aromatic heterocycles. The van der Waals surface area contributed by atoms with Crippen LogP contribution < -0.4 is 4.74 Å². The van der Waals surface area contributed by atoms with Crippen molar-refractivity contribution in [3.05, 3.63) is 29.8 Å². The van der Waals surface area contributed by atoms with E-state index in [2.05, 4.69) is 29.7 Å². The molecule has 6 nitrogen and oxygen atoms in total. The number of methoxy groups -OCH3 is 1. The van der Waals surface area contributed by atoms with Gasteiger partial charge in [-0.15, -0.1) is 0 Å². The van der Waals surface area contributed by atoms with Crippen LogP contribution in [0.1, 0.15) is 51.5 Å². The predicted molar refractivity (Wildman–Crippen MR) is 125 cm³/mol. The molecule has 2 heterocycles. The molecular weight excluding hydrogens is 402 g/mol. The van der Waals surface area contributed by atoms with Crippen LogP contribution in [0.25, 0.3) is 0 Å². The lowest BCUT2D eigenvalue weighted by atomic mass is 9.90. The Morgan fingerprint density at radius 1 is 1.06 bits per heavy atom. The number of ether oxygens (including phenoxy) is 1. The molecule has 4 rings (SSSR count). The van der Waals surface area contributed by atoms with E-state index in [1.165, 1.54) is 5.56 Å². The molecule has 32 heavy (non-hydrogen) atoms. The van der Waals surface area contributed by atoms with Crippen molar-refractivity contribution in [2.24, 2.45) is 17.3 Å². The van der Waals surface area contributed by atoms with E-state index in [9.17, 15) is 9.59 Å². The number of carbonyl (C=O) groups excluding carboxylic acids is 2. The van der Waals surface area contributed by atoms with Crippen LogP contribution in [0.3, 0.4) is 0 Å². The van der Waals surface area contributed by atoms with E-state index in [0.29, 0.717) is 24.2 Å². The Balaban J connectivity index is 1.23. The molecule has 0 N–H and O–H groups in total. The molecule has 3 fully saturated rings. The highest BCUT2D eigenvalue weighted by Gasteiger charge is 2.59. The number of hydrogen-bond donors (Lipinski definition) is 0. The van der Waals surface area contributed by atoms with Crippen LogP contribution in [0.2, 0.25) is 0 Å². The van der Waals surface area contributed by atoms with Gasteiger partial charge in [0.05, 0.1) is 7.11 Å². The quantitative estimate of drug-likeness (QED) is 0.651. The van der Waals surface area contributed by atoms with E-state index < -0.39 is 0 Å². The molecule has 2 aliphatic heterocycles. The first kappa shape index (κ1) is 23.1. The van der Waals surface area contributed by atoms with Crippen LogP contribution in [0.5, 0.6) is 5.75 Å². The monoisotopic (exact) mass is 441 g/mol. The van der Waals surface area contributed by atoms with Gasteiger partial charge in [0.2, 0.25) is 11.8 Å². The minimum atomic E-state index is 0.165. The van der Waals surface area contributed by atoms with Crippen molar-refractivity contribution in [2.75, 3.05) is 46.4 Å². The molecule has 0 radical (unpaired) electrons. The summed E-state index contributed by atoms with van der Waals surface area (Å²) >= 11 is 0. The summed E-state index contributed by atoms with van der Waals surface area (Å²) in [6, 6.07) is 8.17. The number of nitrogens with zero attached hydrogens (tertiary/aromatic N) is 3. The van der Waals surface area contributed by atoms with E-state index in [1.807, 2.05) is 23.1 Å². The molecule has 1 aliphatic carbocycles. The fraction of sp³-hybridized carbons (Fsp3) is 0.692. The van der Waals surface area contributed by atoms with E-state index in [0.717, 1.165) is 77.2 Å². The Labute approximate surface area is 192 Å². The molecule has 176 valence electrons. The Kier molecular flexibility index (Phi) is 7.08. The van der Waals surface area contributed by atoms with Crippen molar-refractivity contribution in [3.63, 3.8) is 0 Å². The van der Waals surface area contributed by atoms with Crippen molar-refractivity contribution < 1.29 is 14.3 Å². The maximum absolute atomic E-state index is 13.2. The number of hydrogen-bond acceptors (Lipinski definition) is 4. The lowest BCUT2D eigenvalue weighted by molar-refractivity contribution is -0.136. The van der Waals surface area contributed by atoms with Gasteiger partial charge in [0.25, 0.3) is 0 Å². The van der Waals surface area contributed by atoms with E-state index in [4.69, 9.17) is 4.74 Å². The summed E-state index contributed by atoms with van der Waals surface area (Å²) in [6.45, 7) is 10.2. The first-order valence-corrected chi connectivity index (χ1v) is 12.4. The minimum absolute atomic E-state index is 0.165. The van der Waals surface area contributed by atoms with E-state index in [-0.39, 0.29) is 11.3 Å². The summed E-state index contributed by atoms with van der Waals surface area (Å²) < 4.78 is 5.48. The zero-order chi connectivity index (χ0) is 22.7. The zero-order valence-corrected chi connectivity index (χ0v) is 20.0. The van der Waals surface area contributed by atoms with Gasteiger partial charge in [-0.1, -0.05) is 38.5 Å². The number of carbonyl (C=O) groups is 2. The number of rotatable bonds is 7. The zero-order valence-electron chi connectivity index (χ0n) is 20.0. The van der Waals surface area contributed by atoms with Crippen molar-refractivity contribution in [3.8, 4) is 5.75 Å². The molecule has 3 aliphatic rings. The normalized spacial score (nSPS) is 23.8. The highest BCUT2D eigenvalue weighted by molar-refractivity contribution is 5.83. The maximum Gasteiger partial charge on any atom is 0.226 e. The van der Waals surface area contributed by atoms with Crippen molar-refractivity contribution in [2.45, 2.75) is 52.5 Å². The summed E-state index contributed by atoms with van der Waals surface area (Å²) in [5.41, 5.74) is 1.37. The molecule has 1 aromatic carbocycles. The van der Waals surface area contributed by atoms with Gasteiger partial charge in [0.1, 0.15) is 5.75 Å². The molecule has 1 aromatic rings. The van der Waals surface area contributed by atoms with Crippen molar-refractivity contribution >= 4 is 11.8 Å². The van der Waals surface area contributed by atoms with Crippen LogP contribution in [0.4, 0.5) is 0 Å². The SMILES string of the molecule is CC[C@H](C)CC(=O)N1CCC2(CC1)C[C@H]2C(=O)N1CCN(Cc2ccccc2OC)CC1. The fourth-order valence-corrected chi connectivity index (χ4v) is 5.44. The Morgan fingerprint density at radius 2 is 1.75 bits per heavy atom. The molecule has 1 spiro atoms. The number of para-hydroxylation sites is 1. The summed E-state index contributed by atoms with van der Waals surface area (Å²) in [4.78, 5) is 32.2. The minimum Gasteiger partial charge on any atom is -0.496 e. The fourth-order valence-electron chi connectivity index (χ4n) is 5.44. The molecule has 1 saturated carbocycles. The third kappa shape index (κ3) is 4.95. The van der Waals surface area contributed by atoms with Gasteiger partial charge in [0, 0.05) is 63.7 Å². The topological polar surface area (TPSA) is 53.1 Å². The second-order valence-electron chi connectivity index (χ2n) is 10.1. The van der Waals surface area contributed by atoms with Gasteiger partial charge in [0.15, 0.2) is 0 Å². The second-order valence-corrected chi connectivity index (χ2v) is 10.1. The third-order valence-corrected chi connectivity index (χ3v) is 8.09. The molecule has 0 unspecified atom stereocenters. The third-order valence-electron chi connectivity index (χ3n) is 8.09. The van der Waals surface area contributed by atoms with E-state index in [1.54, 1.807) is 7.11 Å². The average Bonchev–Trinajstić information content (AvgIpc) is 3.52. The van der Waals surface area contributed by atoms with Crippen LogP contribution in [-0.2, 0) is 16.1 Å². The van der Waals surface area contributed by atoms with Crippen LogP contribution in [0.15, 0.2) is 24.3 Å². The standard InChI is InChI=1S/C26H39N3O3/c1-4-20(2)17-24(30)28-11-9-26(10-12-28)18-22(26)25(31)29-15-13-27(14-16-29)19-21-7-5-6-8-23(21)32-3/h5-8,20,22H,4,9-19H2,1-3H3/t20-,22-/m0/s1. The van der Waals surface area contributed by atoms with Gasteiger partial charge < -0.3 is 14.5 Å². The lowest BCUT2D eigenvalue weighted by Crippen LogP contribution is -2.49. The number of likely N-dealkylation sites (tertiary alicyclic amines) is 1. The molecule has 2 amide bonds. The van der Waals surface area contributed by atoms with Gasteiger partial charge in [-0.3, -0.25) is 14.5 Å². The van der Waals surface area contributed by atoms with Crippen molar-refractivity contribution in [1.29, 1.82) is 0 Å². The smallest absolute Gasteiger partial charge is 0.226 e. The summed E-state index contributed by atoms with van der Waals surface area (Å²) in [6.07, 6.45) is 4.70. The number of piperidine rings is 1. The van der Waals surface area contributed by atoms with Gasteiger partial charge in [-0.05, 0) is 36.7 Å². The van der Waals surface area contributed by atoms with E-state index >= 15 is 0 Å². The van der Waals surface area contributed by atoms with Crippen LogP contribution in [-0.4, -0.2) is 72.9 Å². The summed E-state index contributed by atoms with van der Waals surface area (Å²) in [5, 5.41) is 0. The van der Waals surface area contributed by atoms with Gasteiger partial charge in [-0.25, -0.2) is 0 Å². The van der Waals surface area contributed by atoms with Crippen molar-refractivity contribution in [1.82, 2.24) is 14.7 Å². The van der Waals surface area contributed by atoms with Crippen LogP contribution in [0, 0.1) is 17.3 Å². The molecule has 2 atom stereocenters. The first-order valence-electron chi connectivity index (χ1n) is 12.4. The predicted octanol–water partition coefficient (Wildman–Crippen LogP) is 3.40. The average molecular weight is 442 g/mol. The molecule has 0 bridgehead atoms. The lowest BCUT2D eigenvalue weighted by Gasteiger charge is -2.37. The number of benzene rings is 1. The highest BCUT2D eigenvalue weighted by Crippen LogP contribution is 2.60. The largest absolute Gasteiger partial charge is 0.496 e. The Bertz CT molecular complexity index is 810. The maximum atomic E-state index is 13.2. The summed E-state index contributed by atoms with van der Waals surface area (Å²) in [5.74, 6) is 2.20. The highest BCUT2D eigenvalue weighted by atomic mass is 16.5. The van der Waals surface area contributed by atoms with Gasteiger partial charge >= 0.3 is 0 Å². The number of piperazine rings is 1. The van der Waals surface area contributed by atoms with Gasteiger partial charge in [-0.2, -0.15) is 0 Å². The summed E-state index contributed by atoms with van der Waals surface area (Å²) in [7, 11) is 1.72. The second kappa shape index (κ2) is 9.82. The Hall–Kier alpha value is -2.08. The molecular formula is C26H39N3O3. The van der Waals surface area contributed by atoms with Crippen LogP contribution >= 0.6 is 0 Å². The molecule has 6 heteroatoms. The number of amides is 2. The Morgan fingerprint density at radius 3 is 2.41 bits per heavy atom. The first-order chi connectivity index (χ1) is 15.5.